The van der Waals surface area contributed by atoms with Gasteiger partial charge in [0.25, 0.3) is 0 Å². The van der Waals surface area contributed by atoms with E-state index < -0.39 is 0 Å². The molecule has 0 N–H and O–H groups in total. The first-order chi connectivity index (χ1) is 7.49. The summed E-state index contributed by atoms with van der Waals surface area (Å²) in [7, 11) is 0. The van der Waals surface area contributed by atoms with E-state index in [0.29, 0.717) is 0 Å². The number of benzene rings is 1. The number of hydrogen-bond donors (Lipinski definition) is 0. The first-order valence-electron chi connectivity index (χ1n) is 5.73. The molecule has 88 valence electrons. The molecule has 1 rings (SSSR count). The summed E-state index contributed by atoms with van der Waals surface area (Å²) in [4.78, 5) is 11.5. The Balaban J connectivity index is 3.22. The molecule has 0 spiro atoms. The van der Waals surface area contributed by atoms with Crippen LogP contribution >= 0.6 is 0 Å². The summed E-state index contributed by atoms with van der Waals surface area (Å²) in [5, 5.41) is 0. The van der Waals surface area contributed by atoms with Crippen molar-refractivity contribution in [3.63, 3.8) is 0 Å². The summed E-state index contributed by atoms with van der Waals surface area (Å²) in [5.74, 6) is 1.03. The topological polar surface area (TPSA) is 26.3 Å². The predicted molar refractivity (Wildman–Crippen MR) is 66.4 cm³/mol. The van der Waals surface area contributed by atoms with Crippen LogP contribution in [-0.4, -0.2) is 12.4 Å². The Bertz CT molecular complexity index is 406. The predicted octanol–water partition coefficient (Wildman–Crippen LogP) is 3.60. The van der Waals surface area contributed by atoms with Crippen LogP contribution in [0.3, 0.4) is 0 Å². The van der Waals surface area contributed by atoms with Gasteiger partial charge in [-0.15, -0.1) is 0 Å². The van der Waals surface area contributed by atoms with Crippen LogP contribution in [0.1, 0.15) is 47.3 Å². The van der Waals surface area contributed by atoms with Crippen molar-refractivity contribution in [2.75, 3.05) is 6.61 Å². The molecule has 0 heterocycles. The van der Waals surface area contributed by atoms with Gasteiger partial charge in [0.1, 0.15) is 5.75 Å². The number of carbonyl (C=O) groups is 1. The average molecular weight is 220 g/mol. The third-order valence-electron chi connectivity index (χ3n) is 2.86. The van der Waals surface area contributed by atoms with Crippen LogP contribution in [0.15, 0.2) is 6.07 Å². The molecule has 2 heteroatoms. The second-order valence-corrected chi connectivity index (χ2v) is 4.22. The van der Waals surface area contributed by atoms with E-state index in [0.717, 1.165) is 41.0 Å². The van der Waals surface area contributed by atoms with Gasteiger partial charge < -0.3 is 4.74 Å². The van der Waals surface area contributed by atoms with Crippen molar-refractivity contribution in [2.45, 2.75) is 41.0 Å². The van der Waals surface area contributed by atoms with Crippen LogP contribution in [-0.2, 0) is 0 Å². The fourth-order valence-electron chi connectivity index (χ4n) is 1.95. The lowest BCUT2D eigenvalue weighted by molar-refractivity contribution is 0.101. The number of Topliss-reactive ketones (excluding diaryl/α,β-unsaturated/α-hetero) is 1. The quantitative estimate of drug-likeness (QED) is 0.725. The van der Waals surface area contributed by atoms with Gasteiger partial charge in [0.15, 0.2) is 5.78 Å². The lowest BCUT2D eigenvalue weighted by Gasteiger charge is -2.15. The molecule has 1 aromatic rings. The van der Waals surface area contributed by atoms with Gasteiger partial charge in [-0.05, 0) is 56.9 Å². The molecule has 0 aliphatic carbocycles. The number of rotatable bonds is 4. The van der Waals surface area contributed by atoms with E-state index in [1.807, 2.05) is 26.8 Å². The summed E-state index contributed by atoms with van der Waals surface area (Å²) in [6.45, 7) is 10.4. The monoisotopic (exact) mass is 220 g/mol. The largest absolute Gasteiger partial charge is 0.493 e. The maximum atomic E-state index is 11.5. The van der Waals surface area contributed by atoms with Crippen LogP contribution in [0, 0.1) is 20.8 Å². The standard InChI is InChI=1S/C14H20O2/c1-6-7-16-13-8-9(2)14(12(5)15)11(4)10(13)3/h8H,6-7H2,1-5H3. The van der Waals surface area contributed by atoms with Gasteiger partial charge in [0, 0.05) is 5.56 Å². The second-order valence-electron chi connectivity index (χ2n) is 4.22. The Morgan fingerprint density at radius 2 is 1.88 bits per heavy atom. The van der Waals surface area contributed by atoms with Crippen molar-refractivity contribution < 1.29 is 9.53 Å². The zero-order chi connectivity index (χ0) is 12.3. The van der Waals surface area contributed by atoms with Crippen LogP contribution in [0.2, 0.25) is 0 Å². The van der Waals surface area contributed by atoms with Crippen molar-refractivity contribution in [1.29, 1.82) is 0 Å². The zero-order valence-electron chi connectivity index (χ0n) is 10.8. The van der Waals surface area contributed by atoms with E-state index in [4.69, 9.17) is 4.74 Å². The molecule has 0 amide bonds. The maximum Gasteiger partial charge on any atom is 0.160 e. The van der Waals surface area contributed by atoms with E-state index in [1.54, 1.807) is 6.92 Å². The van der Waals surface area contributed by atoms with Gasteiger partial charge >= 0.3 is 0 Å². The van der Waals surface area contributed by atoms with Crippen molar-refractivity contribution in [2.24, 2.45) is 0 Å². The summed E-state index contributed by atoms with van der Waals surface area (Å²) in [6, 6.07) is 1.97. The molecule has 1 aromatic carbocycles. The van der Waals surface area contributed by atoms with Crippen LogP contribution in [0.5, 0.6) is 5.75 Å². The Morgan fingerprint density at radius 3 is 2.38 bits per heavy atom. The van der Waals surface area contributed by atoms with Crippen LogP contribution < -0.4 is 4.74 Å². The molecular formula is C14H20O2. The summed E-state index contributed by atoms with van der Waals surface area (Å²) in [5.41, 5.74) is 3.95. The van der Waals surface area contributed by atoms with Crippen molar-refractivity contribution in [3.8, 4) is 5.75 Å². The summed E-state index contributed by atoms with van der Waals surface area (Å²) >= 11 is 0. The highest BCUT2D eigenvalue weighted by molar-refractivity contribution is 5.97. The molecule has 0 bridgehead atoms. The smallest absolute Gasteiger partial charge is 0.160 e. The van der Waals surface area contributed by atoms with E-state index in [9.17, 15) is 4.79 Å². The first-order valence-corrected chi connectivity index (χ1v) is 5.73. The minimum absolute atomic E-state index is 0.125. The number of ether oxygens (including phenoxy) is 1. The molecule has 0 aliphatic rings. The molecule has 0 aromatic heterocycles. The van der Waals surface area contributed by atoms with Gasteiger partial charge in [0.05, 0.1) is 6.61 Å². The van der Waals surface area contributed by atoms with Gasteiger partial charge in [-0.25, -0.2) is 0 Å². The fourth-order valence-corrected chi connectivity index (χ4v) is 1.95. The molecule has 0 saturated carbocycles. The van der Waals surface area contributed by atoms with Gasteiger partial charge in [-0.1, -0.05) is 6.92 Å². The molecule has 0 unspecified atom stereocenters. The molecule has 0 saturated heterocycles. The van der Waals surface area contributed by atoms with Crippen LogP contribution in [0.25, 0.3) is 0 Å². The molecule has 16 heavy (non-hydrogen) atoms. The van der Waals surface area contributed by atoms with E-state index in [2.05, 4.69) is 6.92 Å². The van der Waals surface area contributed by atoms with Crippen molar-refractivity contribution >= 4 is 5.78 Å². The number of ketones is 1. The molecule has 0 atom stereocenters. The maximum absolute atomic E-state index is 11.5. The second kappa shape index (κ2) is 5.15. The lowest BCUT2D eigenvalue weighted by atomic mass is 9.95. The normalized spacial score (nSPS) is 10.3. The minimum Gasteiger partial charge on any atom is -0.493 e. The molecule has 0 radical (unpaired) electrons. The Morgan fingerprint density at radius 1 is 1.25 bits per heavy atom. The number of hydrogen-bond acceptors (Lipinski definition) is 2. The third kappa shape index (κ3) is 2.43. The Labute approximate surface area is 97.6 Å². The lowest BCUT2D eigenvalue weighted by Crippen LogP contribution is -2.05. The number of aryl methyl sites for hydroxylation is 1. The summed E-state index contributed by atoms with van der Waals surface area (Å²) in [6.07, 6.45) is 0.992. The van der Waals surface area contributed by atoms with E-state index >= 15 is 0 Å². The van der Waals surface area contributed by atoms with Crippen LogP contribution in [0.4, 0.5) is 0 Å². The molecule has 0 fully saturated rings. The summed E-state index contributed by atoms with van der Waals surface area (Å²) < 4.78 is 5.67. The van der Waals surface area contributed by atoms with Gasteiger partial charge in [0.2, 0.25) is 0 Å². The van der Waals surface area contributed by atoms with E-state index in [-0.39, 0.29) is 5.78 Å². The zero-order valence-corrected chi connectivity index (χ0v) is 10.8. The highest BCUT2D eigenvalue weighted by Gasteiger charge is 2.13. The van der Waals surface area contributed by atoms with E-state index in [1.165, 1.54) is 0 Å². The third-order valence-corrected chi connectivity index (χ3v) is 2.86. The Hall–Kier alpha value is -1.31. The first kappa shape index (κ1) is 12.8. The van der Waals surface area contributed by atoms with Crippen molar-refractivity contribution in [1.82, 2.24) is 0 Å². The fraction of sp³-hybridized carbons (Fsp3) is 0.500. The van der Waals surface area contributed by atoms with Crippen molar-refractivity contribution in [3.05, 3.63) is 28.3 Å². The average Bonchev–Trinajstić information content (AvgIpc) is 2.21. The molecular weight excluding hydrogens is 200 g/mol. The highest BCUT2D eigenvalue weighted by Crippen LogP contribution is 2.28. The highest BCUT2D eigenvalue weighted by atomic mass is 16.5. The molecule has 0 aliphatic heterocycles. The number of carbonyl (C=O) groups excluding carboxylic acids is 1. The Kier molecular flexibility index (Phi) is 4.11. The van der Waals surface area contributed by atoms with Gasteiger partial charge in [-0.3, -0.25) is 4.79 Å². The minimum atomic E-state index is 0.125. The molecule has 2 nitrogen and oxygen atoms in total. The van der Waals surface area contributed by atoms with Gasteiger partial charge in [-0.2, -0.15) is 0 Å². The SMILES string of the molecule is CCCOc1cc(C)c(C(C)=O)c(C)c1C.